The summed E-state index contributed by atoms with van der Waals surface area (Å²) in [6.45, 7) is 12.3. The van der Waals surface area contributed by atoms with Crippen LogP contribution < -0.4 is 15.8 Å². The van der Waals surface area contributed by atoms with E-state index in [-0.39, 0.29) is 11.4 Å². The number of nitrogens with one attached hydrogen (secondary N) is 1. The molecule has 0 saturated heterocycles. The molecule has 4 heteroatoms. The molecule has 0 radical (unpaired) electrons. The van der Waals surface area contributed by atoms with Crippen molar-refractivity contribution >= 4 is 5.91 Å². The molecule has 0 saturated carbocycles. The van der Waals surface area contributed by atoms with Crippen molar-refractivity contribution in [1.82, 2.24) is 5.32 Å². The molecule has 118 valence electrons. The van der Waals surface area contributed by atoms with Crippen LogP contribution in [0.1, 0.15) is 44.4 Å². The SMILES string of the molecule is Cc1cc(CCN)cc(C)c1OC(C)C(=O)NC(C)(C)C. The van der Waals surface area contributed by atoms with E-state index in [0.29, 0.717) is 6.54 Å². The van der Waals surface area contributed by atoms with E-state index < -0.39 is 6.10 Å². The summed E-state index contributed by atoms with van der Waals surface area (Å²) in [5, 5.41) is 2.93. The number of carbonyl (C=O) groups excluding carboxylic acids is 1. The van der Waals surface area contributed by atoms with Crippen LogP contribution in [0.5, 0.6) is 5.75 Å². The van der Waals surface area contributed by atoms with E-state index in [2.05, 4.69) is 17.4 Å². The number of hydrogen-bond acceptors (Lipinski definition) is 3. The highest BCUT2D eigenvalue weighted by atomic mass is 16.5. The molecule has 1 amide bonds. The fraction of sp³-hybridized carbons (Fsp3) is 0.588. The Morgan fingerprint density at radius 1 is 1.29 bits per heavy atom. The van der Waals surface area contributed by atoms with Gasteiger partial charge >= 0.3 is 0 Å². The van der Waals surface area contributed by atoms with E-state index >= 15 is 0 Å². The molecule has 0 aliphatic carbocycles. The van der Waals surface area contributed by atoms with Gasteiger partial charge in [-0.2, -0.15) is 0 Å². The summed E-state index contributed by atoms with van der Waals surface area (Å²) in [6, 6.07) is 4.15. The van der Waals surface area contributed by atoms with Gasteiger partial charge in [-0.15, -0.1) is 0 Å². The molecule has 1 atom stereocenters. The van der Waals surface area contributed by atoms with Crippen LogP contribution in [0.15, 0.2) is 12.1 Å². The lowest BCUT2D eigenvalue weighted by Crippen LogP contribution is -2.46. The van der Waals surface area contributed by atoms with Crippen LogP contribution in [0.4, 0.5) is 0 Å². The first kappa shape index (κ1) is 17.5. The van der Waals surface area contributed by atoms with Crippen molar-refractivity contribution in [2.24, 2.45) is 5.73 Å². The Labute approximate surface area is 128 Å². The van der Waals surface area contributed by atoms with Gasteiger partial charge in [-0.3, -0.25) is 4.79 Å². The normalized spacial score (nSPS) is 12.9. The van der Waals surface area contributed by atoms with Gasteiger partial charge in [0.1, 0.15) is 5.75 Å². The van der Waals surface area contributed by atoms with Crippen LogP contribution in [-0.2, 0) is 11.2 Å². The van der Waals surface area contributed by atoms with Gasteiger partial charge in [-0.25, -0.2) is 0 Å². The molecular weight excluding hydrogens is 264 g/mol. The van der Waals surface area contributed by atoms with Gasteiger partial charge in [0.25, 0.3) is 5.91 Å². The fourth-order valence-electron chi connectivity index (χ4n) is 2.24. The fourth-order valence-corrected chi connectivity index (χ4v) is 2.24. The summed E-state index contributed by atoms with van der Waals surface area (Å²) in [5.41, 5.74) is 8.61. The van der Waals surface area contributed by atoms with Crippen molar-refractivity contribution in [3.63, 3.8) is 0 Å². The number of carbonyl (C=O) groups is 1. The Balaban J connectivity index is 2.85. The Bertz CT molecular complexity index is 481. The second-order valence-electron chi connectivity index (χ2n) is 6.60. The molecule has 0 aliphatic heterocycles. The van der Waals surface area contributed by atoms with E-state index in [9.17, 15) is 4.79 Å². The zero-order chi connectivity index (χ0) is 16.2. The highest BCUT2D eigenvalue weighted by molar-refractivity contribution is 5.81. The molecule has 0 heterocycles. The van der Waals surface area contributed by atoms with Gasteiger partial charge in [-0.1, -0.05) is 12.1 Å². The maximum atomic E-state index is 12.1. The standard InChI is InChI=1S/C17H28N2O2/c1-11-9-14(7-8-18)10-12(2)15(11)21-13(3)16(20)19-17(4,5)6/h9-10,13H,7-8,18H2,1-6H3,(H,19,20). The third kappa shape index (κ3) is 5.38. The van der Waals surface area contributed by atoms with E-state index in [1.807, 2.05) is 34.6 Å². The number of hydrogen-bond donors (Lipinski definition) is 2. The largest absolute Gasteiger partial charge is 0.480 e. The zero-order valence-corrected chi connectivity index (χ0v) is 14.0. The molecular formula is C17H28N2O2. The predicted octanol–water partition coefficient (Wildman–Crippen LogP) is 2.49. The molecule has 1 rings (SSSR count). The minimum absolute atomic E-state index is 0.104. The molecule has 1 unspecified atom stereocenters. The summed E-state index contributed by atoms with van der Waals surface area (Å²) in [5.74, 6) is 0.680. The van der Waals surface area contributed by atoms with E-state index in [0.717, 1.165) is 23.3 Å². The van der Waals surface area contributed by atoms with Crippen molar-refractivity contribution in [3.05, 3.63) is 28.8 Å². The van der Waals surface area contributed by atoms with Gasteiger partial charge in [0.05, 0.1) is 0 Å². The van der Waals surface area contributed by atoms with Crippen molar-refractivity contribution in [2.75, 3.05) is 6.54 Å². The maximum Gasteiger partial charge on any atom is 0.261 e. The third-order valence-electron chi connectivity index (χ3n) is 3.12. The lowest BCUT2D eigenvalue weighted by Gasteiger charge is -2.24. The molecule has 0 aromatic heterocycles. The minimum Gasteiger partial charge on any atom is -0.480 e. The molecule has 1 aromatic carbocycles. The Hall–Kier alpha value is -1.55. The maximum absolute atomic E-state index is 12.1. The number of benzene rings is 1. The topological polar surface area (TPSA) is 64.3 Å². The van der Waals surface area contributed by atoms with Crippen LogP contribution >= 0.6 is 0 Å². The predicted molar refractivity (Wildman–Crippen MR) is 86.7 cm³/mol. The zero-order valence-electron chi connectivity index (χ0n) is 14.0. The average Bonchev–Trinajstić information content (AvgIpc) is 2.31. The monoisotopic (exact) mass is 292 g/mol. The minimum atomic E-state index is -0.526. The first-order chi connectivity index (χ1) is 9.64. The Kier molecular flexibility index (Phi) is 5.78. The van der Waals surface area contributed by atoms with Gasteiger partial charge in [0, 0.05) is 5.54 Å². The molecule has 4 nitrogen and oxygen atoms in total. The second kappa shape index (κ2) is 6.94. The third-order valence-corrected chi connectivity index (χ3v) is 3.12. The first-order valence-electron chi connectivity index (χ1n) is 7.43. The molecule has 1 aromatic rings. The van der Waals surface area contributed by atoms with Gasteiger partial charge < -0.3 is 15.8 Å². The van der Waals surface area contributed by atoms with Crippen LogP contribution in [0, 0.1) is 13.8 Å². The second-order valence-corrected chi connectivity index (χ2v) is 6.60. The van der Waals surface area contributed by atoms with Crippen LogP contribution in [0.25, 0.3) is 0 Å². The van der Waals surface area contributed by atoms with Crippen LogP contribution in [0.2, 0.25) is 0 Å². The Morgan fingerprint density at radius 3 is 2.24 bits per heavy atom. The highest BCUT2D eigenvalue weighted by Crippen LogP contribution is 2.26. The number of rotatable bonds is 5. The van der Waals surface area contributed by atoms with Crippen LogP contribution in [-0.4, -0.2) is 24.1 Å². The van der Waals surface area contributed by atoms with E-state index in [1.54, 1.807) is 6.92 Å². The van der Waals surface area contributed by atoms with Crippen molar-refractivity contribution in [1.29, 1.82) is 0 Å². The number of nitrogens with two attached hydrogens (primary N) is 1. The summed E-state index contributed by atoms with van der Waals surface area (Å²) < 4.78 is 5.87. The van der Waals surface area contributed by atoms with E-state index in [1.165, 1.54) is 5.56 Å². The van der Waals surface area contributed by atoms with Gasteiger partial charge in [0.2, 0.25) is 0 Å². The Morgan fingerprint density at radius 2 is 1.81 bits per heavy atom. The number of amides is 1. The number of aryl methyl sites for hydroxylation is 2. The van der Waals surface area contributed by atoms with Gasteiger partial charge in [0.15, 0.2) is 6.10 Å². The molecule has 0 bridgehead atoms. The molecule has 0 fully saturated rings. The summed E-state index contributed by atoms with van der Waals surface area (Å²) >= 11 is 0. The molecule has 21 heavy (non-hydrogen) atoms. The highest BCUT2D eigenvalue weighted by Gasteiger charge is 2.21. The van der Waals surface area contributed by atoms with Crippen molar-refractivity contribution in [2.45, 2.75) is 59.6 Å². The molecule has 3 N–H and O–H groups in total. The molecule has 0 aliphatic rings. The molecule has 0 spiro atoms. The quantitative estimate of drug-likeness (QED) is 0.876. The van der Waals surface area contributed by atoms with E-state index in [4.69, 9.17) is 10.5 Å². The summed E-state index contributed by atoms with van der Waals surface area (Å²) in [7, 11) is 0. The first-order valence-corrected chi connectivity index (χ1v) is 7.43. The lowest BCUT2D eigenvalue weighted by atomic mass is 10.0. The van der Waals surface area contributed by atoms with Crippen molar-refractivity contribution in [3.8, 4) is 5.75 Å². The van der Waals surface area contributed by atoms with Crippen LogP contribution in [0.3, 0.4) is 0 Å². The summed E-state index contributed by atoms with van der Waals surface area (Å²) in [4.78, 5) is 12.1. The lowest BCUT2D eigenvalue weighted by molar-refractivity contribution is -0.128. The smallest absolute Gasteiger partial charge is 0.261 e. The van der Waals surface area contributed by atoms with Gasteiger partial charge in [-0.05, 0) is 71.2 Å². The summed E-state index contributed by atoms with van der Waals surface area (Å²) in [6.07, 6.45) is 0.323. The number of ether oxygens (including phenoxy) is 1. The van der Waals surface area contributed by atoms with Crippen molar-refractivity contribution < 1.29 is 9.53 Å². The average molecular weight is 292 g/mol.